The number of methoxy groups -OCH3 is 1. The minimum atomic E-state index is 0.245. The van der Waals surface area contributed by atoms with E-state index in [2.05, 4.69) is 16.6 Å². The first kappa shape index (κ1) is 13.9. The molecule has 2 aromatic rings. The second-order valence-electron chi connectivity index (χ2n) is 5.38. The third kappa shape index (κ3) is 1.95. The molecule has 1 aliphatic carbocycles. The number of aromatic nitrogens is 4. The molecule has 20 heavy (non-hydrogen) atoms. The SMILES string of the molecule is CCn1nc(C)c2nc(CCl)n(C3CCCC3OC)c21. The first-order valence-electron chi connectivity index (χ1n) is 7.24. The Morgan fingerprint density at radius 3 is 2.85 bits per heavy atom. The maximum absolute atomic E-state index is 6.12. The highest BCUT2D eigenvalue weighted by Crippen LogP contribution is 2.36. The van der Waals surface area contributed by atoms with Crippen molar-refractivity contribution >= 4 is 22.8 Å². The van der Waals surface area contributed by atoms with Crippen molar-refractivity contribution in [1.29, 1.82) is 0 Å². The van der Waals surface area contributed by atoms with Crippen LogP contribution < -0.4 is 0 Å². The Morgan fingerprint density at radius 1 is 1.40 bits per heavy atom. The van der Waals surface area contributed by atoms with Gasteiger partial charge in [-0.1, -0.05) is 0 Å². The van der Waals surface area contributed by atoms with Gasteiger partial charge in [-0.05, 0) is 33.1 Å². The van der Waals surface area contributed by atoms with Gasteiger partial charge in [-0.3, -0.25) is 0 Å². The van der Waals surface area contributed by atoms with Gasteiger partial charge in [-0.25, -0.2) is 9.67 Å². The predicted octanol–water partition coefficient (Wildman–Crippen LogP) is 3.04. The molecule has 3 rings (SSSR count). The fourth-order valence-electron chi connectivity index (χ4n) is 3.37. The number of aryl methyl sites for hydroxylation is 2. The Balaban J connectivity index is 2.21. The zero-order valence-electron chi connectivity index (χ0n) is 12.3. The lowest BCUT2D eigenvalue weighted by molar-refractivity contribution is 0.0751. The van der Waals surface area contributed by atoms with Crippen LogP contribution in [0.25, 0.3) is 11.2 Å². The average molecular weight is 297 g/mol. The zero-order chi connectivity index (χ0) is 14.3. The number of alkyl halides is 1. The summed E-state index contributed by atoms with van der Waals surface area (Å²) in [5.41, 5.74) is 3.04. The summed E-state index contributed by atoms with van der Waals surface area (Å²) in [4.78, 5) is 4.70. The second-order valence-corrected chi connectivity index (χ2v) is 5.64. The lowest BCUT2D eigenvalue weighted by Crippen LogP contribution is -2.23. The van der Waals surface area contributed by atoms with E-state index < -0.39 is 0 Å². The summed E-state index contributed by atoms with van der Waals surface area (Å²) in [5, 5.41) is 4.58. The average Bonchev–Trinajstić information content (AvgIpc) is 3.12. The highest BCUT2D eigenvalue weighted by Gasteiger charge is 2.33. The van der Waals surface area contributed by atoms with Crippen LogP contribution in [0.1, 0.15) is 43.7 Å². The molecule has 2 heterocycles. The molecule has 0 radical (unpaired) electrons. The minimum absolute atomic E-state index is 0.245. The molecule has 0 aromatic carbocycles. The van der Waals surface area contributed by atoms with Crippen molar-refractivity contribution in [2.24, 2.45) is 0 Å². The van der Waals surface area contributed by atoms with Crippen molar-refractivity contribution in [2.45, 2.75) is 57.7 Å². The van der Waals surface area contributed by atoms with Crippen LogP contribution in [0.5, 0.6) is 0 Å². The number of hydrogen-bond acceptors (Lipinski definition) is 3. The van der Waals surface area contributed by atoms with Gasteiger partial charge >= 0.3 is 0 Å². The van der Waals surface area contributed by atoms with Crippen LogP contribution in [0.2, 0.25) is 0 Å². The van der Waals surface area contributed by atoms with Crippen molar-refractivity contribution in [1.82, 2.24) is 19.3 Å². The van der Waals surface area contributed by atoms with Crippen molar-refractivity contribution in [2.75, 3.05) is 7.11 Å². The van der Waals surface area contributed by atoms with Crippen LogP contribution >= 0.6 is 11.6 Å². The van der Waals surface area contributed by atoms with E-state index in [-0.39, 0.29) is 6.10 Å². The Morgan fingerprint density at radius 2 is 2.20 bits per heavy atom. The van der Waals surface area contributed by atoms with Crippen LogP contribution in [0.15, 0.2) is 0 Å². The van der Waals surface area contributed by atoms with E-state index in [1.807, 2.05) is 11.6 Å². The molecule has 1 saturated carbocycles. The molecule has 0 aliphatic heterocycles. The molecule has 2 atom stereocenters. The van der Waals surface area contributed by atoms with Crippen LogP contribution in [-0.4, -0.2) is 32.5 Å². The predicted molar refractivity (Wildman–Crippen MR) is 79.2 cm³/mol. The van der Waals surface area contributed by atoms with Gasteiger partial charge < -0.3 is 9.30 Å². The number of rotatable bonds is 4. The number of fused-ring (bicyclic) bond motifs is 1. The molecule has 2 aromatic heterocycles. The Kier molecular flexibility index (Phi) is 3.73. The van der Waals surface area contributed by atoms with Crippen molar-refractivity contribution in [3.8, 4) is 0 Å². The maximum Gasteiger partial charge on any atom is 0.159 e. The normalized spacial score (nSPS) is 23.0. The molecule has 6 heteroatoms. The molecular weight excluding hydrogens is 276 g/mol. The summed E-state index contributed by atoms with van der Waals surface area (Å²) in [7, 11) is 1.79. The van der Waals surface area contributed by atoms with Gasteiger partial charge in [0.25, 0.3) is 0 Å². The third-order valence-corrected chi connectivity index (χ3v) is 4.53. The summed E-state index contributed by atoms with van der Waals surface area (Å²) in [5.74, 6) is 1.35. The van der Waals surface area contributed by atoms with Gasteiger partial charge in [0, 0.05) is 13.7 Å². The molecule has 0 spiro atoms. The third-order valence-electron chi connectivity index (χ3n) is 4.29. The fourth-order valence-corrected chi connectivity index (χ4v) is 3.56. The fraction of sp³-hybridized carbons (Fsp3) is 0.714. The van der Waals surface area contributed by atoms with Gasteiger partial charge in [0.05, 0.1) is 23.7 Å². The van der Waals surface area contributed by atoms with Crippen molar-refractivity contribution < 1.29 is 4.74 Å². The lowest BCUT2D eigenvalue weighted by atomic mass is 10.2. The molecule has 0 amide bonds. The molecule has 1 fully saturated rings. The zero-order valence-corrected chi connectivity index (χ0v) is 13.0. The molecule has 0 N–H and O–H groups in total. The Bertz CT molecular complexity index is 618. The maximum atomic E-state index is 6.12. The van der Waals surface area contributed by atoms with E-state index in [9.17, 15) is 0 Å². The van der Waals surface area contributed by atoms with Crippen molar-refractivity contribution in [3.05, 3.63) is 11.5 Å². The molecule has 0 saturated heterocycles. The number of nitrogens with zero attached hydrogens (tertiary/aromatic N) is 4. The number of hydrogen-bond donors (Lipinski definition) is 0. The van der Waals surface area contributed by atoms with E-state index in [4.69, 9.17) is 21.3 Å². The summed E-state index contributed by atoms with van der Waals surface area (Å²) >= 11 is 6.12. The highest BCUT2D eigenvalue weighted by atomic mass is 35.5. The largest absolute Gasteiger partial charge is 0.379 e. The monoisotopic (exact) mass is 296 g/mol. The first-order valence-corrected chi connectivity index (χ1v) is 7.77. The molecule has 2 unspecified atom stereocenters. The van der Waals surface area contributed by atoms with E-state index in [1.165, 1.54) is 6.42 Å². The number of ether oxygens (including phenoxy) is 1. The Labute approximate surface area is 123 Å². The number of imidazole rings is 1. The van der Waals surface area contributed by atoms with Crippen LogP contribution in [0, 0.1) is 6.92 Å². The molecule has 5 nitrogen and oxygen atoms in total. The molecular formula is C14H21ClN4O. The Hall–Kier alpha value is -1.07. The summed E-state index contributed by atoms with van der Waals surface area (Å²) < 4.78 is 9.95. The van der Waals surface area contributed by atoms with Crippen LogP contribution in [0.4, 0.5) is 0 Å². The quantitative estimate of drug-likeness (QED) is 0.815. The van der Waals surface area contributed by atoms with E-state index in [1.54, 1.807) is 7.11 Å². The second kappa shape index (κ2) is 5.37. The van der Waals surface area contributed by atoms with Crippen LogP contribution in [0.3, 0.4) is 0 Å². The van der Waals surface area contributed by atoms with Gasteiger partial charge in [-0.15, -0.1) is 11.6 Å². The summed E-state index contributed by atoms with van der Waals surface area (Å²) in [6, 6.07) is 0.320. The van der Waals surface area contributed by atoms with E-state index in [0.717, 1.165) is 42.1 Å². The minimum Gasteiger partial charge on any atom is -0.379 e. The molecule has 110 valence electrons. The standard InChI is InChI=1S/C14H21ClN4O/c1-4-18-14-13(9(2)17-18)16-12(8-15)19(14)10-6-5-7-11(10)20-3/h10-11H,4-8H2,1-3H3. The number of halogens is 1. The van der Waals surface area contributed by atoms with Crippen LogP contribution in [-0.2, 0) is 17.2 Å². The molecule has 1 aliphatic rings. The topological polar surface area (TPSA) is 44.9 Å². The smallest absolute Gasteiger partial charge is 0.159 e. The van der Waals surface area contributed by atoms with E-state index >= 15 is 0 Å². The van der Waals surface area contributed by atoms with Gasteiger partial charge in [0.1, 0.15) is 11.3 Å². The van der Waals surface area contributed by atoms with Gasteiger partial charge in [0.2, 0.25) is 0 Å². The summed E-state index contributed by atoms with van der Waals surface area (Å²) in [6.07, 6.45) is 3.64. The van der Waals surface area contributed by atoms with Crippen molar-refractivity contribution in [3.63, 3.8) is 0 Å². The lowest BCUT2D eigenvalue weighted by Gasteiger charge is -2.22. The molecule has 0 bridgehead atoms. The first-order chi connectivity index (χ1) is 9.71. The highest BCUT2D eigenvalue weighted by molar-refractivity contribution is 6.16. The van der Waals surface area contributed by atoms with Gasteiger partial charge in [0.15, 0.2) is 5.65 Å². The summed E-state index contributed by atoms with van der Waals surface area (Å²) in [6.45, 7) is 4.94. The van der Waals surface area contributed by atoms with Gasteiger partial charge in [-0.2, -0.15) is 5.10 Å². The van der Waals surface area contributed by atoms with E-state index in [0.29, 0.717) is 11.9 Å².